The first-order valence-corrected chi connectivity index (χ1v) is 25.0. The Kier molecular flexibility index (Phi) is 13.6. The maximum atomic E-state index is 14.9. The molecule has 0 N–H and O–H groups in total. The lowest BCUT2D eigenvalue weighted by Crippen LogP contribution is -2.18. The van der Waals surface area contributed by atoms with E-state index in [1.807, 2.05) is 12.1 Å². The maximum absolute atomic E-state index is 14.9. The Morgan fingerprint density at radius 1 is 0.583 bits per heavy atom. The molecule has 6 aromatic heterocycles. The molecule has 0 spiro atoms. The van der Waals surface area contributed by atoms with Crippen molar-refractivity contribution in [2.75, 3.05) is 11.5 Å². The molecule has 10 aromatic rings. The highest BCUT2D eigenvalue weighted by Gasteiger charge is 2.29. The van der Waals surface area contributed by atoms with Crippen molar-refractivity contribution >= 4 is 53.0 Å². The van der Waals surface area contributed by atoms with Gasteiger partial charge in [-0.15, -0.1) is 10.2 Å². The van der Waals surface area contributed by atoms with Crippen LogP contribution < -0.4 is 0 Å². The summed E-state index contributed by atoms with van der Waals surface area (Å²) in [4.78, 5) is 28.3. The van der Waals surface area contributed by atoms with E-state index >= 15 is 0 Å². The zero-order valence-corrected chi connectivity index (χ0v) is 39.3. The number of hydrogen-bond acceptors (Lipinski definition) is 13. The minimum atomic E-state index is -4.26. The van der Waals surface area contributed by atoms with Crippen molar-refractivity contribution < 1.29 is 48.5 Å². The lowest BCUT2D eigenvalue weighted by atomic mass is 10.2. The third-order valence-electron chi connectivity index (χ3n) is 11.2. The number of hydrogen-bond donors (Lipinski definition) is 0. The SMILES string of the molecule is Cc1cc(CC(=O)CS(=O)(=O)c2cn(Cc3cccc(-n4ccnn4)c3)c3cc(F)cc(F)c23)no1.O=C(Cc1ccccn1)CS(=O)(=O)c1cn(Cc2cccc(-n3ccnn3)c2)c2cc(F)cc(F)c12. The van der Waals surface area contributed by atoms with Gasteiger partial charge in [0.05, 0.1) is 79.9 Å². The number of Topliss-reactive ketones (excluding diaryl/α,β-unsaturated/α-hetero) is 2. The zero-order valence-electron chi connectivity index (χ0n) is 37.7. The Balaban J connectivity index is 0.000000178. The van der Waals surface area contributed by atoms with Crippen LogP contribution in [0.1, 0.15) is 28.3 Å². The van der Waals surface area contributed by atoms with E-state index in [4.69, 9.17) is 4.52 Å². The molecular weight excluding hydrogens is 981 g/mol. The summed E-state index contributed by atoms with van der Waals surface area (Å²) in [5.74, 6) is -6.17. The molecule has 0 atom stereocenters. The molecule has 23 heteroatoms. The Bertz CT molecular complexity index is 3860. The molecule has 10 rings (SSSR count). The van der Waals surface area contributed by atoms with Crippen LogP contribution in [0.25, 0.3) is 33.2 Å². The summed E-state index contributed by atoms with van der Waals surface area (Å²) >= 11 is 0. The summed E-state index contributed by atoms with van der Waals surface area (Å²) in [5, 5.41) is 18.6. The average molecular weight is 1020 g/mol. The molecule has 0 amide bonds. The van der Waals surface area contributed by atoms with Gasteiger partial charge in [-0.3, -0.25) is 14.6 Å². The number of fused-ring (bicyclic) bond motifs is 2. The fourth-order valence-electron chi connectivity index (χ4n) is 8.11. The molecule has 366 valence electrons. The number of nitrogens with zero attached hydrogens (tertiary/aromatic N) is 10. The summed E-state index contributed by atoms with van der Waals surface area (Å²) in [5.41, 5.74) is 3.74. The minimum Gasteiger partial charge on any atom is -0.361 e. The average Bonchev–Trinajstić information content (AvgIpc) is 4.20. The fraction of sp³-hybridized carbons (Fsp3) is 0.143. The second-order valence-corrected chi connectivity index (χ2v) is 20.5. The van der Waals surface area contributed by atoms with Gasteiger partial charge in [-0.25, -0.2) is 43.8 Å². The summed E-state index contributed by atoms with van der Waals surface area (Å²) in [6.45, 7) is 1.89. The van der Waals surface area contributed by atoms with Gasteiger partial charge < -0.3 is 13.7 Å². The van der Waals surface area contributed by atoms with Crippen molar-refractivity contribution in [1.82, 2.24) is 49.3 Å². The normalized spacial score (nSPS) is 11.8. The highest BCUT2D eigenvalue weighted by Crippen LogP contribution is 2.33. The molecule has 0 bridgehead atoms. The van der Waals surface area contributed by atoms with Crippen LogP contribution in [0, 0.1) is 30.2 Å². The van der Waals surface area contributed by atoms with Crippen molar-refractivity contribution in [3.8, 4) is 11.4 Å². The van der Waals surface area contributed by atoms with Gasteiger partial charge in [0.15, 0.2) is 31.2 Å². The van der Waals surface area contributed by atoms with Crippen LogP contribution in [0.5, 0.6) is 0 Å². The number of halogens is 4. The van der Waals surface area contributed by atoms with Crippen LogP contribution in [0.4, 0.5) is 17.6 Å². The monoisotopic (exact) mass is 1020 g/mol. The van der Waals surface area contributed by atoms with Crippen LogP contribution >= 0.6 is 0 Å². The zero-order chi connectivity index (χ0) is 50.7. The van der Waals surface area contributed by atoms with E-state index in [1.54, 1.807) is 83.3 Å². The summed E-state index contributed by atoms with van der Waals surface area (Å²) in [6.07, 6.45) is 9.96. The van der Waals surface area contributed by atoms with E-state index < -0.39 is 66.0 Å². The predicted molar refractivity (Wildman–Crippen MR) is 252 cm³/mol. The molecule has 17 nitrogen and oxygen atoms in total. The lowest BCUT2D eigenvalue weighted by molar-refractivity contribution is -0.117. The molecule has 0 saturated heterocycles. The fourth-order valence-corrected chi connectivity index (χ4v) is 11.1. The Morgan fingerprint density at radius 3 is 1.51 bits per heavy atom. The number of aromatic nitrogens is 10. The first-order chi connectivity index (χ1) is 34.5. The number of pyridine rings is 1. The van der Waals surface area contributed by atoms with Crippen LogP contribution in [0.3, 0.4) is 0 Å². The van der Waals surface area contributed by atoms with E-state index in [2.05, 4.69) is 30.8 Å². The molecule has 0 radical (unpaired) electrons. The molecule has 0 aliphatic carbocycles. The number of sulfone groups is 2. The van der Waals surface area contributed by atoms with Gasteiger partial charge in [0.25, 0.3) is 0 Å². The molecular formula is C49H38F4N10O7S2. The van der Waals surface area contributed by atoms with Crippen LogP contribution in [0.2, 0.25) is 0 Å². The molecule has 6 heterocycles. The number of ketones is 2. The van der Waals surface area contributed by atoms with Gasteiger partial charge in [0.1, 0.15) is 40.5 Å². The molecule has 4 aromatic carbocycles. The second-order valence-electron chi connectivity index (χ2n) is 16.5. The summed E-state index contributed by atoms with van der Waals surface area (Å²) in [6, 6.07) is 24.3. The minimum absolute atomic E-state index is 0.0526. The highest BCUT2D eigenvalue weighted by molar-refractivity contribution is 7.92. The van der Waals surface area contributed by atoms with E-state index in [0.29, 0.717) is 40.7 Å². The molecule has 0 unspecified atom stereocenters. The highest BCUT2D eigenvalue weighted by atomic mass is 32.2. The first kappa shape index (κ1) is 48.6. The van der Waals surface area contributed by atoms with Gasteiger partial charge >= 0.3 is 0 Å². The quantitative estimate of drug-likeness (QED) is 0.0897. The molecule has 0 saturated carbocycles. The van der Waals surface area contributed by atoms with Crippen molar-refractivity contribution in [1.29, 1.82) is 0 Å². The molecule has 0 aliphatic rings. The van der Waals surface area contributed by atoms with Crippen LogP contribution in [0.15, 0.2) is 155 Å². The molecule has 0 aliphatic heterocycles. The number of carbonyl (C=O) groups is 2. The van der Waals surface area contributed by atoms with Crippen molar-refractivity contribution in [3.05, 3.63) is 192 Å². The van der Waals surface area contributed by atoms with Gasteiger partial charge in [0, 0.05) is 62.0 Å². The smallest absolute Gasteiger partial charge is 0.187 e. The van der Waals surface area contributed by atoms with Gasteiger partial charge in [-0.05, 0) is 66.6 Å². The van der Waals surface area contributed by atoms with E-state index in [9.17, 15) is 44.0 Å². The van der Waals surface area contributed by atoms with E-state index in [1.165, 1.54) is 46.2 Å². The topological polar surface area (TPSA) is 213 Å². The standard InChI is InChI=1S/C25H19F2N5O3S.C24H19F2N5O4S/c26-18-11-22(27)25-23(12-18)31(14-17-4-3-6-20(10-17)32-9-8-29-30-32)15-24(25)36(34,35)16-21(33)13-19-5-1-2-7-28-19;1-15-7-18(28-35-15)11-20(32)14-36(33,34)23-13-30(22-10-17(25)9-21(26)24(22)23)12-16-3-2-4-19(8-16)31-6-5-27-29-31/h1-12,15H,13-14,16H2;2-10,13H,11-12,14H2,1H3. The van der Waals surface area contributed by atoms with Gasteiger partial charge in [-0.2, -0.15) is 0 Å². The van der Waals surface area contributed by atoms with Crippen LogP contribution in [-0.2, 0) is 55.2 Å². The number of benzene rings is 4. The Morgan fingerprint density at radius 2 is 1.08 bits per heavy atom. The van der Waals surface area contributed by atoms with E-state index in [0.717, 1.165) is 23.3 Å². The summed E-state index contributed by atoms with van der Waals surface area (Å²) < 4.78 is 122. The van der Waals surface area contributed by atoms with Gasteiger partial charge in [-0.1, -0.05) is 45.9 Å². The first-order valence-electron chi connectivity index (χ1n) is 21.7. The third-order valence-corrected chi connectivity index (χ3v) is 14.5. The maximum Gasteiger partial charge on any atom is 0.187 e. The molecule has 0 fully saturated rings. The predicted octanol–water partition coefficient (Wildman–Crippen LogP) is 6.96. The Labute approximate surface area is 406 Å². The number of aryl methyl sites for hydroxylation is 1. The number of rotatable bonds is 16. The lowest BCUT2D eigenvalue weighted by Gasteiger charge is -2.08. The van der Waals surface area contributed by atoms with Crippen LogP contribution in [-0.4, -0.2) is 89.2 Å². The van der Waals surface area contributed by atoms with Gasteiger partial charge in [0.2, 0.25) is 0 Å². The van der Waals surface area contributed by atoms with Crippen molar-refractivity contribution in [2.24, 2.45) is 0 Å². The van der Waals surface area contributed by atoms with Crippen molar-refractivity contribution in [2.45, 2.75) is 42.6 Å². The Hall–Kier alpha value is -8.44. The van der Waals surface area contributed by atoms with E-state index in [-0.39, 0.29) is 57.5 Å². The third kappa shape index (κ3) is 10.8. The summed E-state index contributed by atoms with van der Waals surface area (Å²) in [7, 11) is -8.50. The second kappa shape index (κ2) is 20.1. The molecule has 72 heavy (non-hydrogen) atoms. The largest absolute Gasteiger partial charge is 0.361 e. The van der Waals surface area contributed by atoms with Crippen molar-refractivity contribution in [3.63, 3.8) is 0 Å². The number of carbonyl (C=O) groups excluding carboxylic acids is 2.